The lowest BCUT2D eigenvalue weighted by atomic mass is 9.97. The molecule has 0 aromatic heterocycles. The number of carboxylic acid groups (broad SMARTS) is 1. The average Bonchev–Trinajstić information content (AvgIpc) is 1.88. The van der Waals surface area contributed by atoms with Crippen LogP contribution in [0.15, 0.2) is 0 Å². The van der Waals surface area contributed by atoms with Gasteiger partial charge in [-0.05, 0) is 13.0 Å². The van der Waals surface area contributed by atoms with Crippen molar-refractivity contribution in [3.63, 3.8) is 0 Å². The van der Waals surface area contributed by atoms with Crippen LogP contribution in [-0.2, 0) is 4.79 Å². The quantitative estimate of drug-likeness (QED) is 0.509. The van der Waals surface area contributed by atoms with Crippen LogP contribution in [0.5, 0.6) is 0 Å². The fourth-order valence-electron chi connectivity index (χ4n) is 1.10. The number of aliphatic hydroxyl groups excluding tert-OH is 1. The molecule has 5 heteroatoms. The van der Waals surface area contributed by atoms with Gasteiger partial charge in [-0.2, -0.15) is 0 Å². The summed E-state index contributed by atoms with van der Waals surface area (Å²) in [4.78, 5) is 10.4. The van der Waals surface area contributed by atoms with Gasteiger partial charge in [0.15, 0.2) is 0 Å². The monoisotopic (exact) mass is 181 g/mol. The number of aliphatic hydroxyl groups is 1. The van der Waals surface area contributed by atoms with E-state index in [1.807, 2.05) is 0 Å². The zero-order chi connectivity index (χ0) is 7.56. The summed E-state index contributed by atoms with van der Waals surface area (Å²) in [7, 11) is 0. The highest BCUT2D eigenvalue weighted by molar-refractivity contribution is 5.85. The van der Waals surface area contributed by atoms with Gasteiger partial charge in [-0.25, -0.2) is 0 Å². The van der Waals surface area contributed by atoms with E-state index in [9.17, 15) is 4.79 Å². The Labute approximate surface area is 71.0 Å². The van der Waals surface area contributed by atoms with Crippen LogP contribution in [0.1, 0.15) is 6.42 Å². The lowest BCUT2D eigenvalue weighted by Crippen LogP contribution is -2.43. The summed E-state index contributed by atoms with van der Waals surface area (Å²) in [5.74, 6) is -1.53. The molecule has 1 aliphatic heterocycles. The van der Waals surface area contributed by atoms with Crippen molar-refractivity contribution in [1.82, 2.24) is 5.32 Å². The zero-order valence-corrected chi connectivity index (χ0v) is 6.80. The maximum atomic E-state index is 10.4. The molecule has 0 aromatic carbocycles. The first-order valence-electron chi connectivity index (χ1n) is 3.33. The van der Waals surface area contributed by atoms with E-state index >= 15 is 0 Å². The van der Waals surface area contributed by atoms with Crippen molar-refractivity contribution in [2.24, 2.45) is 5.92 Å². The molecule has 0 amide bonds. The Hall–Kier alpha value is -0.320. The summed E-state index contributed by atoms with van der Waals surface area (Å²) in [5, 5.41) is 20.5. The van der Waals surface area contributed by atoms with Crippen LogP contribution in [0.2, 0.25) is 0 Å². The molecule has 0 bridgehead atoms. The lowest BCUT2D eigenvalue weighted by molar-refractivity contribution is -0.146. The maximum Gasteiger partial charge on any atom is 0.310 e. The molecule has 0 aromatic rings. The second-order valence-corrected chi connectivity index (χ2v) is 2.50. The maximum absolute atomic E-state index is 10.4. The summed E-state index contributed by atoms with van der Waals surface area (Å²) in [6.07, 6.45) is -0.129. The number of aliphatic carboxylic acids is 1. The van der Waals surface area contributed by atoms with E-state index in [1.165, 1.54) is 0 Å². The van der Waals surface area contributed by atoms with E-state index in [4.69, 9.17) is 10.2 Å². The Morgan fingerprint density at radius 2 is 2.18 bits per heavy atom. The predicted octanol–water partition coefficient (Wildman–Crippen LogP) is -0.537. The smallest absolute Gasteiger partial charge is 0.310 e. The Morgan fingerprint density at radius 1 is 1.55 bits per heavy atom. The number of halogens is 1. The minimum Gasteiger partial charge on any atom is -0.481 e. The highest BCUT2D eigenvalue weighted by Crippen LogP contribution is 2.10. The van der Waals surface area contributed by atoms with Crippen LogP contribution < -0.4 is 5.32 Å². The molecule has 2 atom stereocenters. The van der Waals surface area contributed by atoms with Crippen LogP contribution in [-0.4, -0.2) is 35.4 Å². The minimum atomic E-state index is -0.917. The molecule has 1 rings (SSSR count). The molecule has 4 nitrogen and oxygen atoms in total. The molecule has 3 N–H and O–H groups in total. The zero-order valence-electron chi connectivity index (χ0n) is 5.99. The third kappa shape index (κ3) is 2.65. The SMILES string of the molecule is Cl.O=C(O)[C@H]1CNCC[C@H]1O. The number of rotatable bonds is 1. The van der Waals surface area contributed by atoms with E-state index < -0.39 is 18.0 Å². The Morgan fingerprint density at radius 3 is 2.55 bits per heavy atom. The molecular weight excluding hydrogens is 170 g/mol. The molecule has 0 radical (unpaired) electrons. The first-order valence-corrected chi connectivity index (χ1v) is 3.33. The van der Waals surface area contributed by atoms with E-state index in [0.29, 0.717) is 19.5 Å². The van der Waals surface area contributed by atoms with Gasteiger partial charge in [0.2, 0.25) is 0 Å². The molecule has 0 saturated carbocycles. The van der Waals surface area contributed by atoms with E-state index in [2.05, 4.69) is 5.32 Å². The molecule has 1 saturated heterocycles. The van der Waals surface area contributed by atoms with Crippen LogP contribution >= 0.6 is 12.4 Å². The highest BCUT2D eigenvalue weighted by atomic mass is 35.5. The summed E-state index contributed by atoms with van der Waals surface area (Å²) in [5.41, 5.74) is 0. The van der Waals surface area contributed by atoms with Crippen LogP contribution in [0, 0.1) is 5.92 Å². The van der Waals surface area contributed by atoms with Crippen molar-refractivity contribution in [3.8, 4) is 0 Å². The van der Waals surface area contributed by atoms with Gasteiger partial charge in [0.1, 0.15) is 0 Å². The largest absolute Gasteiger partial charge is 0.481 e. The molecule has 11 heavy (non-hydrogen) atoms. The van der Waals surface area contributed by atoms with Gasteiger partial charge >= 0.3 is 5.97 Å². The molecule has 1 fully saturated rings. The normalized spacial score (nSPS) is 30.6. The highest BCUT2D eigenvalue weighted by Gasteiger charge is 2.28. The van der Waals surface area contributed by atoms with Crippen LogP contribution in [0.25, 0.3) is 0 Å². The number of hydrogen-bond donors (Lipinski definition) is 3. The summed E-state index contributed by atoms with van der Waals surface area (Å²) in [6, 6.07) is 0. The summed E-state index contributed by atoms with van der Waals surface area (Å²) in [6.45, 7) is 1.10. The standard InChI is InChI=1S/C6H11NO3.ClH/c8-5-1-2-7-3-4(5)6(9)10;/h4-5,7-8H,1-3H2,(H,9,10);1H/t4-,5+;/m0./s1. The third-order valence-electron chi connectivity index (χ3n) is 1.76. The molecule has 66 valence electrons. The van der Waals surface area contributed by atoms with Crippen molar-refractivity contribution >= 4 is 18.4 Å². The minimum absolute atomic E-state index is 0. The number of piperidine rings is 1. The molecule has 0 unspecified atom stereocenters. The molecule has 1 heterocycles. The summed E-state index contributed by atoms with van der Waals surface area (Å²) >= 11 is 0. The first-order chi connectivity index (χ1) is 4.72. The lowest BCUT2D eigenvalue weighted by Gasteiger charge is -2.24. The van der Waals surface area contributed by atoms with E-state index in [1.54, 1.807) is 0 Å². The van der Waals surface area contributed by atoms with Crippen molar-refractivity contribution in [1.29, 1.82) is 0 Å². The predicted molar refractivity (Wildman–Crippen MR) is 41.9 cm³/mol. The topological polar surface area (TPSA) is 69.6 Å². The van der Waals surface area contributed by atoms with Gasteiger partial charge in [-0.1, -0.05) is 0 Å². The summed E-state index contributed by atoms with van der Waals surface area (Å²) < 4.78 is 0. The van der Waals surface area contributed by atoms with Gasteiger partial charge in [-0.3, -0.25) is 4.79 Å². The van der Waals surface area contributed by atoms with Crippen molar-refractivity contribution in [2.75, 3.05) is 13.1 Å². The number of nitrogens with one attached hydrogen (secondary N) is 1. The average molecular weight is 182 g/mol. The van der Waals surface area contributed by atoms with Gasteiger partial charge < -0.3 is 15.5 Å². The van der Waals surface area contributed by atoms with Gasteiger partial charge in [-0.15, -0.1) is 12.4 Å². The molecule has 0 spiro atoms. The first kappa shape index (κ1) is 10.7. The fourth-order valence-corrected chi connectivity index (χ4v) is 1.10. The van der Waals surface area contributed by atoms with Crippen molar-refractivity contribution < 1.29 is 15.0 Å². The van der Waals surface area contributed by atoms with E-state index in [0.717, 1.165) is 0 Å². The second kappa shape index (κ2) is 4.54. The Balaban J connectivity index is 0.000001000. The van der Waals surface area contributed by atoms with Gasteiger partial charge in [0.25, 0.3) is 0 Å². The van der Waals surface area contributed by atoms with Crippen LogP contribution in [0.4, 0.5) is 0 Å². The Bertz CT molecular complexity index is 142. The second-order valence-electron chi connectivity index (χ2n) is 2.50. The van der Waals surface area contributed by atoms with Gasteiger partial charge in [0, 0.05) is 6.54 Å². The van der Waals surface area contributed by atoms with Crippen LogP contribution in [0.3, 0.4) is 0 Å². The Kier molecular flexibility index (Phi) is 4.40. The molecule has 1 aliphatic rings. The van der Waals surface area contributed by atoms with E-state index in [-0.39, 0.29) is 12.4 Å². The number of carbonyl (C=O) groups is 1. The van der Waals surface area contributed by atoms with Crippen molar-refractivity contribution in [2.45, 2.75) is 12.5 Å². The number of hydrogen-bond acceptors (Lipinski definition) is 3. The fraction of sp³-hybridized carbons (Fsp3) is 0.833. The van der Waals surface area contributed by atoms with Gasteiger partial charge in [0.05, 0.1) is 12.0 Å². The number of carboxylic acids is 1. The third-order valence-corrected chi connectivity index (χ3v) is 1.76. The van der Waals surface area contributed by atoms with Crippen molar-refractivity contribution in [3.05, 3.63) is 0 Å². The molecule has 0 aliphatic carbocycles. The molecular formula is C6H12ClNO3.